The average molecular weight is 357 g/mol. The SMILES string of the molecule is CN(C)CCCN1c2cc(Cl)ccc2SC2C=CC=CC21.Cl. The van der Waals surface area contributed by atoms with Gasteiger partial charge in [0.1, 0.15) is 0 Å². The Morgan fingerprint density at radius 2 is 2.00 bits per heavy atom. The zero-order chi connectivity index (χ0) is 14.8. The highest BCUT2D eigenvalue weighted by atomic mass is 35.5. The van der Waals surface area contributed by atoms with Gasteiger partial charge in [-0.15, -0.1) is 24.2 Å². The van der Waals surface area contributed by atoms with E-state index in [1.807, 2.05) is 17.8 Å². The predicted octanol–water partition coefficient (Wildman–Crippen LogP) is 4.49. The summed E-state index contributed by atoms with van der Waals surface area (Å²) in [5.41, 5.74) is 1.28. The number of rotatable bonds is 4. The van der Waals surface area contributed by atoms with Gasteiger partial charge in [0.05, 0.1) is 17.0 Å². The number of allylic oxidation sites excluding steroid dienone is 2. The summed E-state index contributed by atoms with van der Waals surface area (Å²) in [5.74, 6) is 0. The summed E-state index contributed by atoms with van der Waals surface area (Å²) < 4.78 is 0. The van der Waals surface area contributed by atoms with E-state index >= 15 is 0 Å². The van der Waals surface area contributed by atoms with Gasteiger partial charge in [0.15, 0.2) is 0 Å². The van der Waals surface area contributed by atoms with E-state index in [0.717, 1.165) is 24.5 Å². The number of benzene rings is 1. The molecule has 0 fully saturated rings. The Balaban J connectivity index is 0.00000176. The van der Waals surface area contributed by atoms with Gasteiger partial charge in [-0.05, 0) is 45.3 Å². The van der Waals surface area contributed by atoms with Gasteiger partial charge in [-0.3, -0.25) is 0 Å². The molecule has 3 rings (SSSR count). The number of thioether (sulfide) groups is 1. The van der Waals surface area contributed by atoms with Gasteiger partial charge in [-0.25, -0.2) is 0 Å². The lowest BCUT2D eigenvalue weighted by Gasteiger charge is -2.42. The molecule has 1 aliphatic carbocycles. The third kappa shape index (κ3) is 3.83. The van der Waals surface area contributed by atoms with Crippen molar-refractivity contribution in [3.8, 4) is 0 Å². The van der Waals surface area contributed by atoms with E-state index in [2.05, 4.69) is 60.3 Å². The molecule has 120 valence electrons. The van der Waals surface area contributed by atoms with Crippen LogP contribution < -0.4 is 4.90 Å². The second-order valence-corrected chi connectivity index (χ2v) is 7.46. The highest BCUT2D eigenvalue weighted by molar-refractivity contribution is 8.00. The minimum absolute atomic E-state index is 0. The minimum Gasteiger partial charge on any atom is -0.363 e. The second kappa shape index (κ2) is 7.78. The van der Waals surface area contributed by atoms with Crippen LogP contribution in [0.5, 0.6) is 0 Å². The van der Waals surface area contributed by atoms with Gasteiger partial charge >= 0.3 is 0 Å². The van der Waals surface area contributed by atoms with Crippen LogP contribution in [0.25, 0.3) is 0 Å². The second-order valence-electron chi connectivity index (χ2n) is 5.81. The molecule has 1 heterocycles. The molecule has 0 radical (unpaired) electrons. The highest BCUT2D eigenvalue weighted by Gasteiger charge is 2.32. The molecule has 1 aromatic carbocycles. The van der Waals surface area contributed by atoms with Crippen molar-refractivity contribution in [2.24, 2.45) is 0 Å². The van der Waals surface area contributed by atoms with Crippen molar-refractivity contribution < 1.29 is 0 Å². The van der Waals surface area contributed by atoms with Gasteiger partial charge in [0.2, 0.25) is 0 Å². The summed E-state index contributed by atoms with van der Waals surface area (Å²) in [5, 5.41) is 1.32. The Morgan fingerprint density at radius 3 is 2.77 bits per heavy atom. The molecule has 0 saturated heterocycles. The number of hydrogen-bond donors (Lipinski definition) is 0. The van der Waals surface area contributed by atoms with E-state index in [-0.39, 0.29) is 12.4 Å². The fraction of sp³-hybridized carbons (Fsp3) is 0.412. The number of nitrogens with zero attached hydrogens (tertiary/aromatic N) is 2. The molecule has 0 spiro atoms. The Bertz CT molecular complexity index is 572. The fourth-order valence-corrected chi connectivity index (χ4v) is 4.36. The molecular weight excluding hydrogens is 335 g/mol. The van der Waals surface area contributed by atoms with Crippen LogP contribution in [0.4, 0.5) is 5.69 Å². The van der Waals surface area contributed by atoms with Gasteiger partial charge < -0.3 is 9.80 Å². The maximum absolute atomic E-state index is 6.23. The van der Waals surface area contributed by atoms with E-state index in [0.29, 0.717) is 11.3 Å². The van der Waals surface area contributed by atoms with Crippen LogP contribution in [0.2, 0.25) is 5.02 Å². The lowest BCUT2D eigenvalue weighted by Crippen LogP contribution is -2.45. The van der Waals surface area contributed by atoms with Crippen LogP contribution in [0.1, 0.15) is 6.42 Å². The lowest BCUT2D eigenvalue weighted by molar-refractivity contribution is 0.398. The monoisotopic (exact) mass is 356 g/mol. The molecule has 0 bridgehead atoms. The number of fused-ring (bicyclic) bond motifs is 2. The zero-order valence-corrected chi connectivity index (χ0v) is 15.3. The standard InChI is InChI=1S/C17H21ClN2S.ClH/c1-19(2)10-5-11-20-14-6-3-4-7-16(14)21-17-9-8-13(18)12-15(17)20;/h3-4,6-9,12,14,16H,5,10-11H2,1-2H3;1H. The summed E-state index contributed by atoms with van der Waals surface area (Å²) in [7, 11) is 4.26. The van der Waals surface area contributed by atoms with Crippen molar-refractivity contribution in [2.75, 3.05) is 32.1 Å². The molecule has 2 aliphatic rings. The molecule has 0 saturated carbocycles. The zero-order valence-electron chi connectivity index (χ0n) is 12.9. The van der Waals surface area contributed by atoms with Gasteiger partial charge in [-0.2, -0.15) is 0 Å². The smallest absolute Gasteiger partial charge is 0.0634 e. The highest BCUT2D eigenvalue weighted by Crippen LogP contribution is 2.44. The van der Waals surface area contributed by atoms with Gasteiger partial charge in [-0.1, -0.05) is 35.9 Å². The van der Waals surface area contributed by atoms with Gasteiger partial charge in [0, 0.05) is 16.5 Å². The molecular formula is C17H22Cl2N2S. The first kappa shape index (κ1) is 17.7. The van der Waals surface area contributed by atoms with Crippen molar-refractivity contribution >= 4 is 41.5 Å². The summed E-state index contributed by atoms with van der Waals surface area (Å²) in [6.07, 6.45) is 10.1. The summed E-state index contributed by atoms with van der Waals surface area (Å²) in [4.78, 5) is 6.10. The predicted molar refractivity (Wildman–Crippen MR) is 101 cm³/mol. The van der Waals surface area contributed by atoms with E-state index < -0.39 is 0 Å². The molecule has 1 aromatic rings. The van der Waals surface area contributed by atoms with Crippen molar-refractivity contribution in [1.82, 2.24) is 4.90 Å². The van der Waals surface area contributed by atoms with Crippen molar-refractivity contribution in [3.05, 3.63) is 47.5 Å². The first-order chi connectivity index (χ1) is 10.1. The molecule has 0 amide bonds. The maximum atomic E-state index is 6.23. The molecule has 2 unspecified atom stereocenters. The number of halogens is 2. The van der Waals surface area contributed by atoms with E-state index in [4.69, 9.17) is 11.6 Å². The Labute approximate surface area is 148 Å². The molecule has 2 nitrogen and oxygen atoms in total. The average Bonchev–Trinajstić information content (AvgIpc) is 2.46. The van der Waals surface area contributed by atoms with E-state index in [9.17, 15) is 0 Å². The Hall–Kier alpha value is -0.610. The number of hydrogen-bond acceptors (Lipinski definition) is 3. The molecule has 2 atom stereocenters. The number of anilines is 1. The first-order valence-corrected chi connectivity index (χ1v) is 8.63. The Kier molecular flexibility index (Phi) is 6.27. The molecule has 22 heavy (non-hydrogen) atoms. The minimum atomic E-state index is 0. The van der Waals surface area contributed by atoms with Gasteiger partial charge in [0.25, 0.3) is 0 Å². The van der Waals surface area contributed by atoms with Crippen LogP contribution in [0.15, 0.2) is 47.4 Å². The Morgan fingerprint density at radius 1 is 1.23 bits per heavy atom. The molecule has 0 aromatic heterocycles. The quantitative estimate of drug-likeness (QED) is 0.784. The lowest BCUT2D eigenvalue weighted by atomic mass is 10.0. The van der Waals surface area contributed by atoms with Crippen LogP contribution in [-0.4, -0.2) is 43.4 Å². The fourth-order valence-electron chi connectivity index (χ4n) is 2.91. The van der Waals surface area contributed by atoms with Crippen LogP contribution in [-0.2, 0) is 0 Å². The molecule has 1 aliphatic heterocycles. The topological polar surface area (TPSA) is 6.48 Å². The van der Waals surface area contributed by atoms with E-state index in [1.54, 1.807) is 0 Å². The first-order valence-electron chi connectivity index (χ1n) is 7.38. The summed E-state index contributed by atoms with van der Waals surface area (Å²) in [6.45, 7) is 2.17. The van der Waals surface area contributed by atoms with Crippen molar-refractivity contribution in [3.63, 3.8) is 0 Å². The third-order valence-corrected chi connectivity index (χ3v) is 5.46. The van der Waals surface area contributed by atoms with Crippen LogP contribution in [0, 0.1) is 0 Å². The third-order valence-electron chi connectivity index (χ3n) is 3.91. The van der Waals surface area contributed by atoms with Crippen LogP contribution in [0.3, 0.4) is 0 Å². The van der Waals surface area contributed by atoms with Crippen molar-refractivity contribution in [1.29, 1.82) is 0 Å². The molecule has 0 N–H and O–H groups in total. The van der Waals surface area contributed by atoms with E-state index in [1.165, 1.54) is 10.6 Å². The normalized spacial score (nSPS) is 22.3. The van der Waals surface area contributed by atoms with Crippen molar-refractivity contribution in [2.45, 2.75) is 22.6 Å². The molecule has 5 heteroatoms. The maximum Gasteiger partial charge on any atom is 0.0634 e. The summed E-state index contributed by atoms with van der Waals surface area (Å²) in [6, 6.07) is 6.70. The van der Waals surface area contributed by atoms with Crippen LogP contribution >= 0.6 is 35.8 Å². The largest absolute Gasteiger partial charge is 0.363 e. The summed E-state index contributed by atoms with van der Waals surface area (Å²) >= 11 is 8.17.